The summed E-state index contributed by atoms with van der Waals surface area (Å²) in [7, 11) is 0. The van der Waals surface area contributed by atoms with E-state index in [1.165, 1.54) is 11.6 Å². The summed E-state index contributed by atoms with van der Waals surface area (Å²) in [5.74, 6) is 0. The molecule has 6 heteroatoms. The number of nitro benzene ring substituents is 1. The van der Waals surface area contributed by atoms with Gasteiger partial charge in [0.25, 0.3) is 5.69 Å². The van der Waals surface area contributed by atoms with E-state index in [0.717, 1.165) is 38.3 Å². The van der Waals surface area contributed by atoms with Crippen molar-refractivity contribution in [3.63, 3.8) is 0 Å². The Labute approximate surface area is 146 Å². The summed E-state index contributed by atoms with van der Waals surface area (Å²) in [6.07, 6.45) is 0. The highest BCUT2D eigenvalue weighted by atomic mass is 35.5. The van der Waals surface area contributed by atoms with Gasteiger partial charge < -0.3 is 0 Å². The minimum absolute atomic E-state index is 0.0945. The molecule has 1 aliphatic rings. The van der Waals surface area contributed by atoms with Crippen LogP contribution in [0.5, 0.6) is 0 Å². The van der Waals surface area contributed by atoms with Crippen LogP contribution in [-0.4, -0.2) is 40.9 Å². The molecule has 2 aromatic rings. The van der Waals surface area contributed by atoms with Crippen molar-refractivity contribution in [1.29, 1.82) is 0 Å². The summed E-state index contributed by atoms with van der Waals surface area (Å²) >= 11 is 6.20. The minimum atomic E-state index is -0.377. The smallest absolute Gasteiger partial charge is 0.269 e. The first kappa shape index (κ1) is 16.9. The van der Waals surface area contributed by atoms with Crippen LogP contribution in [-0.2, 0) is 13.1 Å². The summed E-state index contributed by atoms with van der Waals surface area (Å²) in [4.78, 5) is 15.3. The second kappa shape index (κ2) is 7.75. The number of hydrogen-bond acceptors (Lipinski definition) is 4. The molecule has 126 valence electrons. The van der Waals surface area contributed by atoms with Gasteiger partial charge in [-0.15, -0.1) is 0 Å². The van der Waals surface area contributed by atoms with E-state index in [2.05, 4.69) is 34.1 Å². The van der Waals surface area contributed by atoms with Crippen LogP contribution in [0.25, 0.3) is 0 Å². The lowest BCUT2D eigenvalue weighted by atomic mass is 10.1. The molecule has 1 fully saturated rings. The Kier molecular flexibility index (Phi) is 5.45. The third-order valence-electron chi connectivity index (χ3n) is 4.35. The molecular weight excluding hydrogens is 326 g/mol. The van der Waals surface area contributed by atoms with Crippen LogP contribution < -0.4 is 0 Å². The number of benzene rings is 2. The fraction of sp³-hybridized carbons (Fsp3) is 0.333. The molecule has 0 unspecified atom stereocenters. The average molecular weight is 346 g/mol. The number of hydrogen-bond donors (Lipinski definition) is 0. The molecule has 3 rings (SSSR count). The van der Waals surface area contributed by atoms with Crippen molar-refractivity contribution < 1.29 is 4.92 Å². The van der Waals surface area contributed by atoms with E-state index < -0.39 is 0 Å². The first-order chi connectivity index (χ1) is 11.6. The summed E-state index contributed by atoms with van der Waals surface area (Å²) in [5, 5.41) is 11.5. The molecule has 0 spiro atoms. The summed E-state index contributed by atoms with van der Waals surface area (Å²) in [6, 6.07) is 15.1. The first-order valence-electron chi connectivity index (χ1n) is 8.03. The van der Waals surface area contributed by atoms with Gasteiger partial charge in [-0.05, 0) is 17.2 Å². The molecule has 1 heterocycles. The third-order valence-corrected chi connectivity index (χ3v) is 4.72. The summed E-state index contributed by atoms with van der Waals surface area (Å²) in [6.45, 7) is 5.46. The van der Waals surface area contributed by atoms with E-state index in [-0.39, 0.29) is 10.6 Å². The Hall–Kier alpha value is -1.95. The maximum absolute atomic E-state index is 10.9. The number of non-ortho nitro benzene ring substituents is 1. The highest BCUT2D eigenvalue weighted by Gasteiger charge is 2.19. The average Bonchev–Trinajstić information content (AvgIpc) is 2.59. The Morgan fingerprint density at radius 2 is 1.58 bits per heavy atom. The number of nitrogens with zero attached hydrogens (tertiary/aromatic N) is 3. The maximum Gasteiger partial charge on any atom is 0.269 e. The van der Waals surface area contributed by atoms with Gasteiger partial charge >= 0.3 is 0 Å². The van der Waals surface area contributed by atoms with E-state index in [1.807, 2.05) is 6.07 Å². The van der Waals surface area contributed by atoms with Gasteiger partial charge in [-0.2, -0.15) is 0 Å². The lowest BCUT2D eigenvalue weighted by molar-refractivity contribution is -0.384. The number of halogens is 1. The largest absolute Gasteiger partial charge is 0.297 e. The lowest BCUT2D eigenvalue weighted by Crippen LogP contribution is -2.45. The zero-order valence-corrected chi connectivity index (χ0v) is 14.2. The fourth-order valence-corrected chi connectivity index (χ4v) is 3.16. The monoisotopic (exact) mass is 345 g/mol. The molecule has 0 atom stereocenters. The quantitative estimate of drug-likeness (QED) is 0.614. The van der Waals surface area contributed by atoms with Crippen molar-refractivity contribution in [1.82, 2.24) is 9.80 Å². The van der Waals surface area contributed by atoms with Crippen LogP contribution in [0.3, 0.4) is 0 Å². The predicted octanol–water partition coefficient (Wildman–Crippen LogP) is 3.57. The Bertz CT molecular complexity index is 701. The standard InChI is InChI=1S/C18H20ClN3O2/c19-18-7-6-17(22(23)24)12-16(18)14-21-10-8-20(9-11-21)13-15-4-2-1-3-5-15/h1-7,12H,8-11,13-14H2. The SMILES string of the molecule is O=[N+]([O-])c1ccc(Cl)c(CN2CCN(Cc3ccccc3)CC2)c1. The Morgan fingerprint density at radius 3 is 2.21 bits per heavy atom. The number of piperazine rings is 1. The van der Waals surface area contributed by atoms with Crippen molar-refractivity contribution in [2.45, 2.75) is 13.1 Å². The molecule has 2 aromatic carbocycles. The molecule has 24 heavy (non-hydrogen) atoms. The lowest BCUT2D eigenvalue weighted by Gasteiger charge is -2.34. The molecule has 5 nitrogen and oxygen atoms in total. The van der Waals surface area contributed by atoms with E-state index in [4.69, 9.17) is 11.6 Å². The van der Waals surface area contributed by atoms with E-state index >= 15 is 0 Å². The van der Waals surface area contributed by atoms with Crippen molar-refractivity contribution >= 4 is 17.3 Å². The Morgan fingerprint density at radius 1 is 0.958 bits per heavy atom. The molecule has 0 aliphatic carbocycles. The zero-order chi connectivity index (χ0) is 16.9. The number of nitro groups is 1. The second-order valence-corrected chi connectivity index (χ2v) is 6.48. The number of rotatable bonds is 5. The molecule has 0 amide bonds. The van der Waals surface area contributed by atoms with Crippen molar-refractivity contribution in [3.05, 3.63) is 74.8 Å². The zero-order valence-electron chi connectivity index (χ0n) is 13.4. The van der Waals surface area contributed by atoms with Crippen molar-refractivity contribution in [2.75, 3.05) is 26.2 Å². The predicted molar refractivity (Wildman–Crippen MR) is 95.1 cm³/mol. The highest BCUT2D eigenvalue weighted by molar-refractivity contribution is 6.31. The van der Waals surface area contributed by atoms with Gasteiger partial charge in [-0.3, -0.25) is 19.9 Å². The Balaban J connectivity index is 1.56. The van der Waals surface area contributed by atoms with Crippen LogP contribution in [0.4, 0.5) is 5.69 Å². The van der Waals surface area contributed by atoms with Gasteiger partial charge in [-0.25, -0.2) is 0 Å². The molecule has 1 saturated heterocycles. The van der Waals surface area contributed by atoms with Gasteiger partial charge in [0, 0.05) is 56.4 Å². The van der Waals surface area contributed by atoms with Crippen LogP contribution >= 0.6 is 11.6 Å². The molecule has 0 saturated carbocycles. The third kappa shape index (κ3) is 4.32. The van der Waals surface area contributed by atoms with Crippen LogP contribution in [0.15, 0.2) is 48.5 Å². The summed E-state index contributed by atoms with van der Waals surface area (Å²) < 4.78 is 0. The minimum Gasteiger partial charge on any atom is -0.297 e. The second-order valence-electron chi connectivity index (χ2n) is 6.07. The van der Waals surface area contributed by atoms with Crippen molar-refractivity contribution in [3.8, 4) is 0 Å². The van der Waals surface area contributed by atoms with Gasteiger partial charge in [0.2, 0.25) is 0 Å². The van der Waals surface area contributed by atoms with E-state index in [1.54, 1.807) is 12.1 Å². The normalized spacial score (nSPS) is 16.2. The molecule has 0 radical (unpaired) electrons. The molecular formula is C18H20ClN3O2. The van der Waals surface area contributed by atoms with Crippen molar-refractivity contribution in [2.24, 2.45) is 0 Å². The topological polar surface area (TPSA) is 49.6 Å². The van der Waals surface area contributed by atoms with Gasteiger partial charge in [0.05, 0.1) is 4.92 Å². The molecule has 1 aliphatic heterocycles. The van der Waals surface area contributed by atoms with Crippen LogP contribution in [0.1, 0.15) is 11.1 Å². The fourth-order valence-electron chi connectivity index (χ4n) is 2.98. The van der Waals surface area contributed by atoms with Gasteiger partial charge in [-0.1, -0.05) is 41.9 Å². The van der Waals surface area contributed by atoms with Crippen LogP contribution in [0.2, 0.25) is 5.02 Å². The first-order valence-corrected chi connectivity index (χ1v) is 8.41. The molecule has 0 bridgehead atoms. The maximum atomic E-state index is 10.9. The molecule has 0 N–H and O–H groups in total. The van der Waals surface area contributed by atoms with Gasteiger partial charge in [0.1, 0.15) is 0 Å². The van der Waals surface area contributed by atoms with E-state index in [9.17, 15) is 10.1 Å². The molecule has 0 aromatic heterocycles. The van der Waals surface area contributed by atoms with E-state index in [0.29, 0.717) is 11.6 Å². The van der Waals surface area contributed by atoms with Gasteiger partial charge in [0.15, 0.2) is 0 Å². The highest BCUT2D eigenvalue weighted by Crippen LogP contribution is 2.24. The summed E-state index contributed by atoms with van der Waals surface area (Å²) in [5.41, 5.74) is 2.24. The van der Waals surface area contributed by atoms with Crippen LogP contribution in [0, 0.1) is 10.1 Å².